The van der Waals surface area contributed by atoms with Crippen molar-refractivity contribution in [3.63, 3.8) is 0 Å². The molecule has 0 unspecified atom stereocenters. The highest BCUT2D eigenvalue weighted by molar-refractivity contribution is 5.44. The van der Waals surface area contributed by atoms with Gasteiger partial charge in [0.1, 0.15) is 12.4 Å². The van der Waals surface area contributed by atoms with Crippen LogP contribution < -0.4 is 4.74 Å². The van der Waals surface area contributed by atoms with Gasteiger partial charge in [-0.15, -0.1) is 0 Å². The van der Waals surface area contributed by atoms with Gasteiger partial charge in [0.25, 0.3) is 0 Å². The molecule has 1 saturated heterocycles. The highest BCUT2D eigenvalue weighted by Gasteiger charge is 2.19. The van der Waals surface area contributed by atoms with E-state index in [-0.39, 0.29) is 0 Å². The molecule has 1 aromatic carbocycles. The van der Waals surface area contributed by atoms with E-state index in [1.807, 2.05) is 42.5 Å². The smallest absolute Gasteiger partial charge is 0.241 e. The normalized spacial score (nSPS) is 16.0. The fourth-order valence-electron chi connectivity index (χ4n) is 3.00. The summed E-state index contributed by atoms with van der Waals surface area (Å²) in [5, 5.41) is 3.97. The molecule has 1 fully saturated rings. The van der Waals surface area contributed by atoms with Crippen molar-refractivity contribution in [1.82, 2.24) is 19.9 Å². The molecule has 0 spiro atoms. The lowest BCUT2D eigenvalue weighted by atomic mass is 10.3. The van der Waals surface area contributed by atoms with E-state index in [9.17, 15) is 0 Å². The van der Waals surface area contributed by atoms with Crippen molar-refractivity contribution in [1.29, 1.82) is 0 Å². The van der Waals surface area contributed by atoms with Crippen molar-refractivity contribution in [2.24, 2.45) is 0 Å². The molecule has 4 rings (SSSR count). The lowest BCUT2D eigenvalue weighted by Crippen LogP contribution is -2.47. The molecule has 0 aliphatic carbocycles. The van der Waals surface area contributed by atoms with E-state index < -0.39 is 0 Å². The third-order valence-electron chi connectivity index (χ3n) is 4.45. The summed E-state index contributed by atoms with van der Waals surface area (Å²) in [4.78, 5) is 9.15. The molecule has 0 atom stereocenters. The van der Waals surface area contributed by atoms with Gasteiger partial charge >= 0.3 is 0 Å². The summed E-state index contributed by atoms with van der Waals surface area (Å²) in [7, 11) is 0. The van der Waals surface area contributed by atoms with Crippen LogP contribution in [0.25, 0.3) is 11.6 Å². The van der Waals surface area contributed by atoms with Crippen LogP contribution in [0.15, 0.2) is 57.7 Å². The first kappa shape index (κ1) is 16.8. The molecule has 0 bridgehead atoms. The Morgan fingerprint density at radius 3 is 2.54 bits per heavy atom. The molecule has 26 heavy (non-hydrogen) atoms. The van der Waals surface area contributed by atoms with Gasteiger partial charge in [-0.25, -0.2) is 0 Å². The molecule has 3 aromatic rings. The van der Waals surface area contributed by atoms with E-state index in [1.54, 1.807) is 6.26 Å². The third kappa shape index (κ3) is 4.30. The van der Waals surface area contributed by atoms with Crippen LogP contribution in [0.2, 0.25) is 0 Å². The van der Waals surface area contributed by atoms with Crippen molar-refractivity contribution < 1.29 is 13.7 Å². The molecule has 3 heterocycles. The number of furan rings is 1. The van der Waals surface area contributed by atoms with Crippen molar-refractivity contribution in [2.75, 3.05) is 39.3 Å². The quantitative estimate of drug-likeness (QED) is 0.646. The minimum atomic E-state index is 0.502. The summed E-state index contributed by atoms with van der Waals surface area (Å²) in [6.07, 6.45) is 1.60. The number of ether oxygens (including phenoxy) is 1. The fraction of sp³-hybridized carbons (Fsp3) is 0.368. The molecule has 0 saturated carbocycles. The summed E-state index contributed by atoms with van der Waals surface area (Å²) >= 11 is 0. The number of piperazine rings is 1. The van der Waals surface area contributed by atoms with E-state index in [4.69, 9.17) is 13.7 Å². The molecule has 0 amide bonds. The summed E-state index contributed by atoms with van der Waals surface area (Å²) in [5.41, 5.74) is 0. The zero-order valence-corrected chi connectivity index (χ0v) is 14.6. The Labute approximate surface area is 152 Å². The Bertz CT molecular complexity index is 780. The van der Waals surface area contributed by atoms with Gasteiger partial charge in [0.05, 0.1) is 12.8 Å². The summed E-state index contributed by atoms with van der Waals surface area (Å²) in [6, 6.07) is 13.6. The highest BCUT2D eigenvalue weighted by atomic mass is 16.5. The second kappa shape index (κ2) is 8.16. The standard InChI is InChI=1S/C19H22N4O3/c1-2-5-16(6-3-1)24-14-12-22-8-10-23(11-9-22)15-18-20-19(21-26-18)17-7-4-13-25-17/h1-7,13H,8-12,14-15H2. The van der Waals surface area contributed by atoms with Gasteiger partial charge in [-0.3, -0.25) is 9.80 Å². The lowest BCUT2D eigenvalue weighted by molar-refractivity contribution is 0.104. The second-order valence-electron chi connectivity index (χ2n) is 6.27. The maximum atomic E-state index is 5.77. The predicted octanol–water partition coefficient (Wildman–Crippen LogP) is 2.53. The monoisotopic (exact) mass is 354 g/mol. The molecule has 7 heteroatoms. The Morgan fingerprint density at radius 1 is 0.962 bits per heavy atom. The lowest BCUT2D eigenvalue weighted by Gasteiger charge is -2.33. The Morgan fingerprint density at radius 2 is 1.77 bits per heavy atom. The van der Waals surface area contributed by atoms with Gasteiger partial charge in [-0.05, 0) is 24.3 Å². The number of para-hydroxylation sites is 1. The SMILES string of the molecule is c1ccc(OCCN2CCN(Cc3nc(-c4ccco4)no3)CC2)cc1. The first-order chi connectivity index (χ1) is 12.9. The summed E-state index contributed by atoms with van der Waals surface area (Å²) in [6.45, 7) is 6.29. The maximum absolute atomic E-state index is 5.77. The fourth-order valence-corrected chi connectivity index (χ4v) is 3.00. The van der Waals surface area contributed by atoms with Gasteiger partial charge in [0.2, 0.25) is 11.7 Å². The zero-order chi connectivity index (χ0) is 17.6. The summed E-state index contributed by atoms with van der Waals surface area (Å²) < 4.78 is 16.4. The van der Waals surface area contributed by atoms with Crippen LogP contribution >= 0.6 is 0 Å². The zero-order valence-electron chi connectivity index (χ0n) is 14.6. The average Bonchev–Trinajstić information content (AvgIpc) is 3.36. The first-order valence-corrected chi connectivity index (χ1v) is 8.86. The summed E-state index contributed by atoms with van der Waals surface area (Å²) in [5.74, 6) is 2.68. The van der Waals surface area contributed by atoms with Crippen molar-refractivity contribution in [3.05, 3.63) is 54.6 Å². The van der Waals surface area contributed by atoms with E-state index in [2.05, 4.69) is 19.9 Å². The molecule has 1 aliphatic heterocycles. The van der Waals surface area contributed by atoms with Gasteiger partial charge in [0, 0.05) is 32.7 Å². The Hall–Kier alpha value is -2.64. The minimum absolute atomic E-state index is 0.502. The molecule has 0 radical (unpaired) electrons. The maximum Gasteiger partial charge on any atom is 0.241 e. The molecule has 2 aromatic heterocycles. The van der Waals surface area contributed by atoms with E-state index in [0.29, 0.717) is 30.6 Å². The molecular weight excluding hydrogens is 332 g/mol. The minimum Gasteiger partial charge on any atom is -0.492 e. The van der Waals surface area contributed by atoms with Crippen LogP contribution in [0.3, 0.4) is 0 Å². The van der Waals surface area contributed by atoms with Crippen LogP contribution in [0, 0.1) is 0 Å². The number of aromatic nitrogens is 2. The van der Waals surface area contributed by atoms with E-state index in [1.165, 1.54) is 0 Å². The van der Waals surface area contributed by atoms with Crippen LogP contribution in [0.5, 0.6) is 5.75 Å². The number of rotatable bonds is 7. The third-order valence-corrected chi connectivity index (χ3v) is 4.45. The first-order valence-electron chi connectivity index (χ1n) is 8.86. The van der Waals surface area contributed by atoms with Gasteiger partial charge in [-0.1, -0.05) is 23.4 Å². The molecule has 136 valence electrons. The molecular formula is C19H22N4O3. The molecule has 1 aliphatic rings. The van der Waals surface area contributed by atoms with Crippen LogP contribution in [0.4, 0.5) is 0 Å². The number of hydrogen-bond acceptors (Lipinski definition) is 7. The van der Waals surface area contributed by atoms with Crippen LogP contribution in [-0.4, -0.2) is 59.3 Å². The largest absolute Gasteiger partial charge is 0.492 e. The predicted molar refractivity (Wildman–Crippen MR) is 95.7 cm³/mol. The highest BCUT2D eigenvalue weighted by Crippen LogP contribution is 2.17. The topological polar surface area (TPSA) is 67.8 Å². The van der Waals surface area contributed by atoms with Gasteiger partial charge in [0.15, 0.2) is 5.76 Å². The van der Waals surface area contributed by atoms with Crippen molar-refractivity contribution >= 4 is 0 Å². The van der Waals surface area contributed by atoms with E-state index in [0.717, 1.165) is 38.5 Å². The van der Waals surface area contributed by atoms with Crippen molar-refractivity contribution in [2.45, 2.75) is 6.54 Å². The average molecular weight is 354 g/mol. The van der Waals surface area contributed by atoms with E-state index >= 15 is 0 Å². The number of benzene rings is 1. The Balaban J connectivity index is 1.19. The number of nitrogens with zero attached hydrogens (tertiary/aromatic N) is 4. The Kier molecular flexibility index (Phi) is 5.27. The van der Waals surface area contributed by atoms with Gasteiger partial charge in [-0.2, -0.15) is 4.98 Å². The van der Waals surface area contributed by atoms with Crippen LogP contribution in [0.1, 0.15) is 5.89 Å². The second-order valence-corrected chi connectivity index (χ2v) is 6.27. The van der Waals surface area contributed by atoms with Crippen molar-refractivity contribution in [3.8, 4) is 17.3 Å². The molecule has 0 N–H and O–H groups in total. The molecule has 7 nitrogen and oxygen atoms in total. The van der Waals surface area contributed by atoms with Gasteiger partial charge < -0.3 is 13.7 Å². The number of hydrogen-bond donors (Lipinski definition) is 0. The van der Waals surface area contributed by atoms with Crippen LogP contribution in [-0.2, 0) is 6.54 Å².